The predicted molar refractivity (Wildman–Crippen MR) is 172 cm³/mol. The first-order valence-electron chi connectivity index (χ1n) is 14.8. The van der Waals surface area contributed by atoms with Crippen LogP contribution in [0.25, 0.3) is 0 Å². The fourth-order valence-electron chi connectivity index (χ4n) is 4.81. The van der Waals surface area contributed by atoms with Crippen molar-refractivity contribution in [1.29, 1.82) is 0 Å². The van der Waals surface area contributed by atoms with Crippen molar-refractivity contribution in [3.8, 4) is 5.75 Å². The van der Waals surface area contributed by atoms with E-state index >= 15 is 0 Å². The number of nitrogens with one attached hydrogen (secondary N) is 2. The number of carboxylic acids is 1. The van der Waals surface area contributed by atoms with Crippen LogP contribution in [0.2, 0.25) is 0 Å². The van der Waals surface area contributed by atoms with Crippen LogP contribution in [-0.4, -0.2) is 34.0 Å². The number of carboxylic acid groups (broad SMARTS) is 1. The highest BCUT2D eigenvalue weighted by atomic mass is 32.1. The number of amides is 3. The molecule has 0 saturated carbocycles. The molecule has 0 saturated heterocycles. The normalized spacial score (nSPS) is 12.1. The Morgan fingerprint density at radius 2 is 1.52 bits per heavy atom. The summed E-state index contributed by atoms with van der Waals surface area (Å²) in [7, 11) is 0. The van der Waals surface area contributed by atoms with Gasteiger partial charge in [0, 0.05) is 11.4 Å². The molecule has 0 spiro atoms. The molecule has 4 aromatic rings. The predicted octanol–water partition coefficient (Wildman–Crippen LogP) is 6.93. The van der Waals surface area contributed by atoms with E-state index in [0.29, 0.717) is 37.4 Å². The Labute approximate surface area is 262 Å². The number of unbranched alkanes of at least 4 members (excludes halogenated alkanes) is 1. The molecule has 44 heavy (non-hydrogen) atoms. The summed E-state index contributed by atoms with van der Waals surface area (Å²) in [5, 5.41) is 17.2. The van der Waals surface area contributed by atoms with Gasteiger partial charge in [-0.25, -0.2) is 4.79 Å². The third kappa shape index (κ3) is 10.3. The van der Waals surface area contributed by atoms with Gasteiger partial charge in [0.05, 0.1) is 19.0 Å². The molecule has 2 atom stereocenters. The standard InChI is InChI=1S/C35H39N3O5S/c1-2-3-16-31(34(41)38(24-30-15-10-21-44-30)23-26-11-6-4-7-12-26)36-35(42)37-32(22-33(39)40)28-17-19-29(20-18-28)43-25-27-13-8-5-9-14-27/h4-15,17-21,31-32H,2-3,16,22-25H2,1H3,(H,39,40)(H2,36,37,42). The van der Waals surface area contributed by atoms with Gasteiger partial charge in [0.2, 0.25) is 5.91 Å². The summed E-state index contributed by atoms with van der Waals surface area (Å²) in [5.41, 5.74) is 2.65. The minimum atomic E-state index is -1.05. The minimum absolute atomic E-state index is 0.180. The molecule has 0 aliphatic carbocycles. The number of benzene rings is 3. The van der Waals surface area contributed by atoms with Crippen LogP contribution in [0.4, 0.5) is 4.79 Å². The Morgan fingerprint density at radius 3 is 2.14 bits per heavy atom. The van der Waals surface area contributed by atoms with Gasteiger partial charge in [-0.3, -0.25) is 9.59 Å². The summed E-state index contributed by atoms with van der Waals surface area (Å²) < 4.78 is 5.85. The maximum atomic E-state index is 13.9. The van der Waals surface area contributed by atoms with Gasteiger partial charge >= 0.3 is 12.0 Å². The Kier molecular flexibility index (Phi) is 12.4. The maximum Gasteiger partial charge on any atom is 0.315 e. The van der Waals surface area contributed by atoms with E-state index in [-0.39, 0.29) is 12.3 Å². The van der Waals surface area contributed by atoms with Crippen molar-refractivity contribution >= 4 is 29.2 Å². The van der Waals surface area contributed by atoms with Crippen LogP contribution in [0, 0.1) is 0 Å². The smallest absolute Gasteiger partial charge is 0.315 e. The quantitative estimate of drug-likeness (QED) is 0.127. The number of urea groups is 1. The Morgan fingerprint density at radius 1 is 0.841 bits per heavy atom. The molecule has 0 fully saturated rings. The second kappa shape index (κ2) is 16.9. The van der Waals surface area contributed by atoms with Crippen LogP contribution >= 0.6 is 11.3 Å². The molecule has 3 aromatic carbocycles. The number of hydrogen-bond donors (Lipinski definition) is 3. The average molecular weight is 614 g/mol. The third-order valence-electron chi connectivity index (χ3n) is 7.12. The Balaban J connectivity index is 1.45. The molecule has 1 aromatic heterocycles. The number of aliphatic carboxylic acids is 1. The maximum absolute atomic E-state index is 13.9. The van der Waals surface area contributed by atoms with Gasteiger partial charge in [-0.15, -0.1) is 11.3 Å². The number of thiophene rings is 1. The van der Waals surface area contributed by atoms with Crippen molar-refractivity contribution in [1.82, 2.24) is 15.5 Å². The number of ether oxygens (including phenoxy) is 1. The SMILES string of the molecule is CCCCC(NC(=O)NC(CC(=O)O)c1ccc(OCc2ccccc2)cc1)C(=O)N(Cc1ccccc1)Cc1cccs1. The van der Waals surface area contributed by atoms with Crippen LogP contribution < -0.4 is 15.4 Å². The highest BCUT2D eigenvalue weighted by Crippen LogP contribution is 2.22. The summed E-state index contributed by atoms with van der Waals surface area (Å²) in [5.74, 6) is -0.602. The molecule has 3 amide bonds. The van der Waals surface area contributed by atoms with Crippen molar-refractivity contribution in [2.75, 3.05) is 0 Å². The van der Waals surface area contributed by atoms with Gasteiger partial charge in [-0.1, -0.05) is 98.6 Å². The van der Waals surface area contributed by atoms with Crippen molar-refractivity contribution in [3.63, 3.8) is 0 Å². The highest BCUT2D eigenvalue weighted by Gasteiger charge is 2.28. The van der Waals surface area contributed by atoms with Crippen LogP contribution in [0.1, 0.15) is 60.2 Å². The van der Waals surface area contributed by atoms with E-state index in [1.54, 1.807) is 40.5 Å². The monoisotopic (exact) mass is 613 g/mol. The van der Waals surface area contributed by atoms with Crippen molar-refractivity contribution < 1.29 is 24.2 Å². The second-order valence-corrected chi connectivity index (χ2v) is 11.6. The largest absolute Gasteiger partial charge is 0.489 e. The first kappa shape index (κ1) is 32.3. The van der Waals surface area contributed by atoms with Crippen LogP contribution in [0.5, 0.6) is 5.75 Å². The molecule has 0 aliphatic heterocycles. The highest BCUT2D eigenvalue weighted by molar-refractivity contribution is 7.09. The van der Waals surface area contributed by atoms with E-state index in [2.05, 4.69) is 10.6 Å². The molecular formula is C35H39N3O5S. The number of carbonyl (C=O) groups is 3. The molecule has 8 nitrogen and oxygen atoms in total. The van der Waals surface area contributed by atoms with Crippen LogP contribution in [0.3, 0.4) is 0 Å². The third-order valence-corrected chi connectivity index (χ3v) is 7.98. The average Bonchev–Trinajstić information content (AvgIpc) is 3.55. The van der Waals surface area contributed by atoms with Crippen LogP contribution in [0.15, 0.2) is 102 Å². The lowest BCUT2D eigenvalue weighted by molar-refractivity contribution is -0.137. The lowest BCUT2D eigenvalue weighted by Crippen LogP contribution is -2.51. The van der Waals surface area contributed by atoms with Crippen molar-refractivity contribution in [3.05, 3.63) is 124 Å². The first-order valence-corrected chi connectivity index (χ1v) is 15.7. The molecular weight excluding hydrogens is 574 g/mol. The molecule has 9 heteroatoms. The summed E-state index contributed by atoms with van der Waals surface area (Å²) in [6.07, 6.45) is 1.76. The van der Waals surface area contributed by atoms with E-state index < -0.39 is 24.1 Å². The zero-order chi connectivity index (χ0) is 31.1. The molecule has 2 unspecified atom stereocenters. The van der Waals surface area contributed by atoms with Gasteiger partial charge in [0.1, 0.15) is 18.4 Å². The zero-order valence-electron chi connectivity index (χ0n) is 24.9. The fraction of sp³-hybridized carbons (Fsp3) is 0.286. The van der Waals surface area contributed by atoms with E-state index in [1.807, 2.05) is 85.1 Å². The molecule has 3 N–H and O–H groups in total. The van der Waals surface area contributed by atoms with Gasteiger partial charge in [0.15, 0.2) is 0 Å². The van der Waals surface area contributed by atoms with Gasteiger partial charge in [-0.05, 0) is 46.7 Å². The van der Waals surface area contributed by atoms with E-state index in [4.69, 9.17) is 4.74 Å². The lowest BCUT2D eigenvalue weighted by atomic mass is 10.0. The van der Waals surface area contributed by atoms with Gasteiger partial charge in [-0.2, -0.15) is 0 Å². The van der Waals surface area contributed by atoms with E-state index in [1.165, 1.54) is 0 Å². The van der Waals surface area contributed by atoms with Gasteiger partial charge in [0.25, 0.3) is 0 Å². The molecule has 0 bridgehead atoms. The number of hydrogen-bond acceptors (Lipinski definition) is 5. The first-order chi connectivity index (χ1) is 21.4. The van der Waals surface area contributed by atoms with Gasteiger partial charge < -0.3 is 25.4 Å². The molecule has 0 radical (unpaired) electrons. The lowest BCUT2D eigenvalue weighted by Gasteiger charge is -2.28. The van der Waals surface area contributed by atoms with Crippen molar-refractivity contribution in [2.24, 2.45) is 0 Å². The topological polar surface area (TPSA) is 108 Å². The number of rotatable bonds is 16. The fourth-order valence-corrected chi connectivity index (χ4v) is 5.53. The Hall–Kier alpha value is -4.63. The molecule has 1 heterocycles. The second-order valence-electron chi connectivity index (χ2n) is 10.6. The summed E-state index contributed by atoms with van der Waals surface area (Å²) in [4.78, 5) is 41.8. The minimum Gasteiger partial charge on any atom is -0.489 e. The summed E-state index contributed by atoms with van der Waals surface area (Å²) >= 11 is 1.58. The molecule has 0 aliphatic rings. The Bertz CT molecular complexity index is 1450. The summed E-state index contributed by atoms with van der Waals surface area (Å²) in [6.45, 7) is 3.27. The summed E-state index contributed by atoms with van der Waals surface area (Å²) in [6, 6.07) is 28.3. The van der Waals surface area contributed by atoms with Crippen LogP contribution in [-0.2, 0) is 29.3 Å². The number of carbonyl (C=O) groups excluding carboxylic acids is 2. The number of nitrogens with zero attached hydrogens (tertiary/aromatic N) is 1. The van der Waals surface area contributed by atoms with Crippen molar-refractivity contribution in [2.45, 2.75) is 64.4 Å². The van der Waals surface area contributed by atoms with E-state index in [0.717, 1.165) is 28.8 Å². The molecule has 230 valence electrons. The zero-order valence-corrected chi connectivity index (χ0v) is 25.7. The van der Waals surface area contributed by atoms with E-state index in [9.17, 15) is 19.5 Å². The molecule has 4 rings (SSSR count).